The van der Waals surface area contributed by atoms with Crippen LogP contribution in [-0.2, 0) is 0 Å². The molecule has 0 aliphatic carbocycles. The highest BCUT2D eigenvalue weighted by Gasteiger charge is 2.05. The third-order valence-corrected chi connectivity index (χ3v) is 1.65. The minimum atomic E-state index is -0.964. The second-order valence-electron chi connectivity index (χ2n) is 2.57. The molecule has 0 aromatic heterocycles. The van der Waals surface area contributed by atoms with Crippen molar-refractivity contribution >= 4 is 5.97 Å². The quantitative estimate of drug-likeness (QED) is 0.722. The van der Waals surface area contributed by atoms with Gasteiger partial charge < -0.3 is 9.84 Å². The molecule has 1 rings (SSSR count). The average Bonchev–Trinajstić information content (AvgIpc) is 2.08. The van der Waals surface area contributed by atoms with E-state index in [1.165, 1.54) is 18.4 Å². The summed E-state index contributed by atoms with van der Waals surface area (Å²) in [4.78, 5) is 10.6. The van der Waals surface area contributed by atoms with Crippen molar-refractivity contribution in [1.82, 2.24) is 0 Å². The first kappa shape index (κ1) is 9.32. The third kappa shape index (κ3) is 2.08. The summed E-state index contributed by atoms with van der Waals surface area (Å²) in [6, 6.07) is 4.70. The van der Waals surface area contributed by atoms with Gasteiger partial charge in [-0.3, -0.25) is 0 Å². The van der Waals surface area contributed by atoms with Gasteiger partial charge in [-0.05, 0) is 24.6 Å². The Morgan fingerprint density at radius 3 is 2.85 bits per heavy atom. The molecule has 0 radical (unpaired) electrons. The van der Waals surface area contributed by atoms with Crippen molar-refractivity contribution in [3.8, 4) is 5.75 Å². The smallest absolute Gasteiger partial charge is 0.335 e. The second kappa shape index (κ2) is 3.76. The van der Waals surface area contributed by atoms with Gasteiger partial charge in [0.05, 0.1) is 11.8 Å². The van der Waals surface area contributed by atoms with E-state index in [0.717, 1.165) is 5.56 Å². The number of hydrogen-bond acceptors (Lipinski definition) is 2. The van der Waals surface area contributed by atoms with E-state index in [1.54, 1.807) is 6.07 Å². The number of benzene rings is 1. The summed E-state index contributed by atoms with van der Waals surface area (Å²) < 4.78 is 5.03. The van der Waals surface area contributed by atoms with E-state index >= 15 is 0 Å². The molecule has 0 unspecified atom stereocenters. The van der Waals surface area contributed by atoms with Crippen molar-refractivity contribution in [3.63, 3.8) is 0 Å². The molecule has 0 aliphatic rings. The van der Waals surface area contributed by atoms with E-state index in [0.29, 0.717) is 5.75 Å². The maximum atomic E-state index is 10.6. The van der Waals surface area contributed by atoms with E-state index < -0.39 is 5.97 Å². The largest absolute Gasteiger partial charge is 0.478 e. The molecular formula is C10H10O3. The highest BCUT2D eigenvalue weighted by atomic mass is 16.5. The number of aromatic carboxylic acids is 1. The fourth-order valence-corrected chi connectivity index (χ4v) is 0.950. The number of carboxylic acids is 1. The van der Waals surface area contributed by atoms with Crippen molar-refractivity contribution in [3.05, 3.63) is 42.2 Å². The Morgan fingerprint density at radius 1 is 1.62 bits per heavy atom. The van der Waals surface area contributed by atoms with Gasteiger partial charge in [0.1, 0.15) is 5.75 Å². The van der Waals surface area contributed by atoms with E-state index in [2.05, 4.69) is 6.58 Å². The summed E-state index contributed by atoms with van der Waals surface area (Å²) in [6.45, 7) is 5.24. The van der Waals surface area contributed by atoms with Gasteiger partial charge in [0, 0.05) is 0 Å². The van der Waals surface area contributed by atoms with E-state index in [9.17, 15) is 4.79 Å². The Hall–Kier alpha value is -1.77. The molecule has 3 nitrogen and oxygen atoms in total. The summed E-state index contributed by atoms with van der Waals surface area (Å²) in [5.74, 6) is -0.441. The van der Waals surface area contributed by atoms with Crippen LogP contribution in [0.25, 0.3) is 0 Å². The third-order valence-electron chi connectivity index (χ3n) is 1.65. The number of rotatable bonds is 3. The molecule has 1 aromatic rings. The summed E-state index contributed by atoms with van der Waals surface area (Å²) in [5.41, 5.74) is 1.09. The lowest BCUT2D eigenvalue weighted by atomic mass is 10.1. The second-order valence-corrected chi connectivity index (χ2v) is 2.57. The van der Waals surface area contributed by atoms with Gasteiger partial charge in [-0.25, -0.2) is 4.79 Å². The van der Waals surface area contributed by atoms with E-state index in [1.807, 2.05) is 6.92 Å². The molecular weight excluding hydrogens is 168 g/mol. The van der Waals surface area contributed by atoms with Crippen LogP contribution in [-0.4, -0.2) is 11.1 Å². The Bertz CT molecular complexity index is 342. The van der Waals surface area contributed by atoms with Crippen molar-refractivity contribution in [1.29, 1.82) is 0 Å². The monoisotopic (exact) mass is 178 g/mol. The molecule has 0 heterocycles. The maximum Gasteiger partial charge on any atom is 0.335 e. The first-order valence-electron chi connectivity index (χ1n) is 3.76. The van der Waals surface area contributed by atoms with Crippen LogP contribution in [0.2, 0.25) is 0 Å². The molecule has 0 bridgehead atoms. The van der Waals surface area contributed by atoms with Gasteiger partial charge in [-0.2, -0.15) is 0 Å². The standard InChI is InChI=1S/C10H10O3/c1-3-13-9-6-8(10(11)12)5-4-7(9)2/h3-6H,1H2,2H3,(H,11,12). The van der Waals surface area contributed by atoms with Gasteiger partial charge in [0.25, 0.3) is 0 Å². The van der Waals surface area contributed by atoms with Crippen LogP contribution in [0.15, 0.2) is 31.0 Å². The molecule has 0 saturated carbocycles. The first-order chi connectivity index (χ1) is 6.15. The lowest BCUT2D eigenvalue weighted by Crippen LogP contribution is -1.97. The minimum Gasteiger partial charge on any atom is -0.478 e. The Morgan fingerprint density at radius 2 is 2.31 bits per heavy atom. The number of carboxylic acid groups (broad SMARTS) is 1. The molecule has 1 N–H and O–H groups in total. The summed E-state index contributed by atoms with van der Waals surface area (Å²) in [6.07, 6.45) is 1.27. The summed E-state index contributed by atoms with van der Waals surface area (Å²) in [7, 11) is 0. The highest BCUT2D eigenvalue weighted by molar-refractivity contribution is 5.88. The molecule has 0 fully saturated rings. The lowest BCUT2D eigenvalue weighted by Gasteiger charge is -2.04. The fourth-order valence-electron chi connectivity index (χ4n) is 0.950. The lowest BCUT2D eigenvalue weighted by molar-refractivity contribution is 0.0696. The van der Waals surface area contributed by atoms with Gasteiger partial charge >= 0.3 is 5.97 Å². The first-order valence-corrected chi connectivity index (χ1v) is 3.76. The van der Waals surface area contributed by atoms with Gasteiger partial charge in [0.2, 0.25) is 0 Å². The summed E-state index contributed by atoms with van der Waals surface area (Å²) in [5, 5.41) is 8.69. The number of hydrogen-bond donors (Lipinski definition) is 1. The molecule has 13 heavy (non-hydrogen) atoms. The number of aryl methyl sites for hydroxylation is 1. The molecule has 3 heteroatoms. The van der Waals surface area contributed by atoms with Crippen LogP contribution in [0.5, 0.6) is 5.75 Å². The average molecular weight is 178 g/mol. The Kier molecular flexibility index (Phi) is 2.69. The Labute approximate surface area is 76.3 Å². The topological polar surface area (TPSA) is 46.5 Å². The molecule has 0 atom stereocenters. The Balaban J connectivity index is 3.10. The predicted molar refractivity (Wildman–Crippen MR) is 49.0 cm³/mol. The van der Waals surface area contributed by atoms with Crippen LogP contribution in [0.3, 0.4) is 0 Å². The van der Waals surface area contributed by atoms with E-state index in [-0.39, 0.29) is 5.56 Å². The molecule has 0 spiro atoms. The van der Waals surface area contributed by atoms with Crippen LogP contribution >= 0.6 is 0 Å². The highest BCUT2D eigenvalue weighted by Crippen LogP contribution is 2.19. The fraction of sp³-hybridized carbons (Fsp3) is 0.100. The zero-order chi connectivity index (χ0) is 9.84. The van der Waals surface area contributed by atoms with Gasteiger partial charge in [-0.1, -0.05) is 12.6 Å². The van der Waals surface area contributed by atoms with Crippen LogP contribution in [0.4, 0.5) is 0 Å². The minimum absolute atomic E-state index is 0.211. The van der Waals surface area contributed by atoms with Gasteiger partial charge in [-0.15, -0.1) is 0 Å². The van der Waals surface area contributed by atoms with Crippen LogP contribution in [0.1, 0.15) is 15.9 Å². The predicted octanol–water partition coefficient (Wildman–Crippen LogP) is 2.22. The van der Waals surface area contributed by atoms with E-state index in [4.69, 9.17) is 9.84 Å². The SMILES string of the molecule is C=COc1cc(C(=O)O)ccc1C. The van der Waals surface area contributed by atoms with Crippen molar-refractivity contribution in [2.24, 2.45) is 0 Å². The number of carbonyl (C=O) groups is 1. The van der Waals surface area contributed by atoms with Crippen molar-refractivity contribution < 1.29 is 14.6 Å². The molecule has 0 saturated heterocycles. The van der Waals surface area contributed by atoms with Crippen LogP contribution < -0.4 is 4.74 Å². The molecule has 0 amide bonds. The molecule has 1 aromatic carbocycles. The normalized spacial score (nSPS) is 9.31. The summed E-state index contributed by atoms with van der Waals surface area (Å²) >= 11 is 0. The van der Waals surface area contributed by atoms with Crippen molar-refractivity contribution in [2.75, 3.05) is 0 Å². The maximum absolute atomic E-state index is 10.6. The van der Waals surface area contributed by atoms with Gasteiger partial charge in [0.15, 0.2) is 0 Å². The molecule has 68 valence electrons. The zero-order valence-corrected chi connectivity index (χ0v) is 7.28. The zero-order valence-electron chi connectivity index (χ0n) is 7.28. The van der Waals surface area contributed by atoms with Crippen LogP contribution in [0, 0.1) is 6.92 Å². The van der Waals surface area contributed by atoms with Crippen molar-refractivity contribution in [2.45, 2.75) is 6.92 Å². The number of ether oxygens (including phenoxy) is 1. The molecule has 0 aliphatic heterocycles.